The molecule has 3 rings (SSSR count). The van der Waals surface area contributed by atoms with Crippen molar-refractivity contribution in [3.05, 3.63) is 29.6 Å². The Balaban J connectivity index is 1.94. The molecule has 102 valence electrons. The third-order valence-corrected chi connectivity index (χ3v) is 3.41. The van der Waals surface area contributed by atoms with Crippen molar-refractivity contribution in [3.8, 4) is 17.5 Å². The van der Waals surface area contributed by atoms with Crippen molar-refractivity contribution in [2.24, 2.45) is 0 Å². The largest absolute Gasteiger partial charge is 0.338 e. The van der Waals surface area contributed by atoms with Crippen molar-refractivity contribution >= 4 is 5.95 Å². The first-order valence-corrected chi connectivity index (χ1v) is 6.57. The molecule has 1 aliphatic heterocycles. The highest BCUT2D eigenvalue weighted by atomic mass is 19.1. The summed E-state index contributed by atoms with van der Waals surface area (Å²) in [4.78, 5) is 6.33. The molecule has 20 heavy (non-hydrogen) atoms. The molecule has 0 unspecified atom stereocenters. The van der Waals surface area contributed by atoms with Crippen LogP contribution in [0.3, 0.4) is 0 Å². The number of hydrogen-bond donors (Lipinski definition) is 0. The Morgan fingerprint density at radius 2 is 2.05 bits per heavy atom. The van der Waals surface area contributed by atoms with E-state index in [4.69, 9.17) is 9.78 Å². The van der Waals surface area contributed by atoms with E-state index in [0.29, 0.717) is 11.5 Å². The normalized spacial score (nSPS) is 15.1. The zero-order chi connectivity index (χ0) is 13.9. The molecule has 0 radical (unpaired) electrons. The minimum Gasteiger partial charge on any atom is -0.338 e. The highest BCUT2D eigenvalue weighted by molar-refractivity contribution is 5.64. The summed E-state index contributed by atoms with van der Waals surface area (Å²) in [6, 6.07) is 6.21. The van der Waals surface area contributed by atoms with Crippen LogP contribution in [0.2, 0.25) is 0 Å². The summed E-state index contributed by atoms with van der Waals surface area (Å²) in [6.07, 6.45) is 3.42. The first kappa shape index (κ1) is 12.6. The van der Waals surface area contributed by atoms with Crippen LogP contribution >= 0.6 is 0 Å². The Labute approximate surface area is 115 Å². The third kappa shape index (κ3) is 2.23. The topological polar surface area (TPSA) is 66.0 Å². The van der Waals surface area contributed by atoms with Crippen molar-refractivity contribution in [2.45, 2.75) is 19.3 Å². The second kappa shape index (κ2) is 5.29. The van der Waals surface area contributed by atoms with Gasteiger partial charge in [-0.25, -0.2) is 4.39 Å². The van der Waals surface area contributed by atoms with Gasteiger partial charge in [0.15, 0.2) is 0 Å². The molecule has 0 N–H and O–H groups in total. The fourth-order valence-electron chi connectivity index (χ4n) is 2.36. The van der Waals surface area contributed by atoms with Gasteiger partial charge in [0.2, 0.25) is 0 Å². The van der Waals surface area contributed by atoms with Crippen LogP contribution in [0.5, 0.6) is 0 Å². The lowest BCUT2D eigenvalue weighted by molar-refractivity contribution is 0.426. The average Bonchev–Trinajstić information content (AvgIpc) is 2.97. The number of rotatable bonds is 2. The SMILES string of the molecule is N#Cc1c(F)cccc1-c1nc(N2CCCCC2)no1. The van der Waals surface area contributed by atoms with Crippen LogP contribution in [0.1, 0.15) is 24.8 Å². The molecule has 0 saturated carbocycles. The zero-order valence-corrected chi connectivity index (χ0v) is 10.8. The van der Waals surface area contributed by atoms with Crippen LogP contribution < -0.4 is 4.90 Å². The Morgan fingerprint density at radius 1 is 1.25 bits per heavy atom. The van der Waals surface area contributed by atoms with Gasteiger partial charge in [-0.05, 0) is 36.6 Å². The maximum absolute atomic E-state index is 13.6. The molecular formula is C14H13FN4O. The van der Waals surface area contributed by atoms with Gasteiger partial charge in [0, 0.05) is 13.1 Å². The summed E-state index contributed by atoms with van der Waals surface area (Å²) in [5, 5.41) is 13.0. The Bertz CT molecular complexity index is 655. The van der Waals surface area contributed by atoms with Gasteiger partial charge < -0.3 is 9.42 Å². The second-order valence-electron chi connectivity index (χ2n) is 4.72. The average molecular weight is 272 g/mol. The van der Waals surface area contributed by atoms with Crippen molar-refractivity contribution in [1.29, 1.82) is 5.26 Å². The first-order valence-electron chi connectivity index (χ1n) is 6.57. The predicted molar refractivity (Wildman–Crippen MR) is 70.5 cm³/mol. The number of nitriles is 1. The number of aromatic nitrogens is 2. The summed E-state index contributed by atoms with van der Waals surface area (Å²) in [5.74, 6) is 0.109. The molecule has 0 amide bonds. The molecule has 1 saturated heterocycles. The smallest absolute Gasteiger partial charge is 0.266 e. The molecule has 1 fully saturated rings. The van der Waals surface area contributed by atoms with E-state index in [9.17, 15) is 4.39 Å². The van der Waals surface area contributed by atoms with Gasteiger partial charge >= 0.3 is 0 Å². The van der Waals surface area contributed by atoms with Crippen molar-refractivity contribution in [3.63, 3.8) is 0 Å². The zero-order valence-electron chi connectivity index (χ0n) is 10.8. The molecule has 0 aliphatic carbocycles. The van der Waals surface area contributed by atoms with Crippen molar-refractivity contribution in [2.75, 3.05) is 18.0 Å². The van der Waals surface area contributed by atoms with Gasteiger partial charge in [-0.15, -0.1) is 0 Å². The van der Waals surface area contributed by atoms with E-state index in [2.05, 4.69) is 10.1 Å². The standard InChI is InChI=1S/C14H13FN4O/c15-12-6-4-5-10(11(12)9-16)13-17-14(18-20-13)19-7-2-1-3-8-19/h4-6H,1-3,7-8H2. The lowest BCUT2D eigenvalue weighted by Gasteiger charge is -2.24. The molecular weight excluding hydrogens is 259 g/mol. The van der Waals surface area contributed by atoms with Crippen molar-refractivity contribution < 1.29 is 8.91 Å². The minimum absolute atomic E-state index is 0.0682. The van der Waals surface area contributed by atoms with Crippen LogP contribution in [0, 0.1) is 17.1 Å². The molecule has 1 aromatic carbocycles. The molecule has 1 aromatic heterocycles. The number of hydrogen-bond acceptors (Lipinski definition) is 5. The molecule has 0 bridgehead atoms. The Morgan fingerprint density at radius 3 is 2.80 bits per heavy atom. The summed E-state index contributed by atoms with van der Waals surface area (Å²) >= 11 is 0. The van der Waals surface area contributed by atoms with Crippen LogP contribution in [-0.2, 0) is 0 Å². The summed E-state index contributed by atoms with van der Waals surface area (Å²) in [6.45, 7) is 1.79. The summed E-state index contributed by atoms with van der Waals surface area (Å²) < 4.78 is 18.8. The quantitative estimate of drug-likeness (QED) is 0.841. The monoisotopic (exact) mass is 272 g/mol. The van der Waals surface area contributed by atoms with Crippen molar-refractivity contribution in [1.82, 2.24) is 10.1 Å². The minimum atomic E-state index is -0.581. The maximum Gasteiger partial charge on any atom is 0.266 e. The highest BCUT2D eigenvalue weighted by Gasteiger charge is 2.20. The summed E-state index contributed by atoms with van der Waals surface area (Å²) in [7, 11) is 0. The van der Waals surface area contributed by atoms with E-state index >= 15 is 0 Å². The van der Waals surface area contributed by atoms with E-state index < -0.39 is 5.82 Å². The van der Waals surface area contributed by atoms with Gasteiger partial charge in [-0.1, -0.05) is 6.07 Å². The van der Waals surface area contributed by atoms with Gasteiger partial charge in [-0.3, -0.25) is 0 Å². The Hall–Kier alpha value is -2.42. The summed E-state index contributed by atoms with van der Waals surface area (Å²) in [5.41, 5.74) is 0.268. The van der Waals surface area contributed by atoms with E-state index in [1.807, 2.05) is 11.0 Å². The van der Waals surface area contributed by atoms with Gasteiger partial charge in [0.05, 0.1) is 5.56 Å². The number of halogens is 1. The molecule has 2 aromatic rings. The molecule has 2 heterocycles. The molecule has 0 atom stereocenters. The van der Waals surface area contributed by atoms with E-state index in [0.717, 1.165) is 25.9 Å². The van der Waals surface area contributed by atoms with E-state index in [1.165, 1.54) is 18.6 Å². The molecule has 5 nitrogen and oxygen atoms in total. The number of piperidine rings is 1. The lowest BCUT2D eigenvalue weighted by Crippen LogP contribution is -2.30. The maximum atomic E-state index is 13.6. The van der Waals surface area contributed by atoms with Crippen LogP contribution in [-0.4, -0.2) is 23.2 Å². The van der Waals surface area contributed by atoms with Crippen LogP contribution in [0.4, 0.5) is 10.3 Å². The van der Waals surface area contributed by atoms with Crippen LogP contribution in [0.15, 0.2) is 22.7 Å². The third-order valence-electron chi connectivity index (χ3n) is 3.41. The molecule has 6 heteroatoms. The highest BCUT2D eigenvalue weighted by Crippen LogP contribution is 2.26. The van der Waals surface area contributed by atoms with Gasteiger partial charge in [0.25, 0.3) is 11.8 Å². The Kier molecular flexibility index (Phi) is 3.33. The number of anilines is 1. The lowest BCUT2D eigenvalue weighted by atomic mass is 10.1. The molecule has 0 spiro atoms. The van der Waals surface area contributed by atoms with E-state index in [-0.39, 0.29) is 11.5 Å². The van der Waals surface area contributed by atoms with Gasteiger partial charge in [0.1, 0.15) is 17.4 Å². The first-order chi connectivity index (χ1) is 9.79. The predicted octanol–water partition coefficient (Wildman–Crippen LogP) is 2.74. The number of nitrogens with zero attached hydrogens (tertiary/aromatic N) is 4. The fraction of sp³-hybridized carbons (Fsp3) is 0.357. The van der Waals surface area contributed by atoms with Gasteiger partial charge in [-0.2, -0.15) is 10.2 Å². The fourth-order valence-corrected chi connectivity index (χ4v) is 2.36. The molecule has 1 aliphatic rings. The van der Waals surface area contributed by atoms with Crippen LogP contribution in [0.25, 0.3) is 11.5 Å². The van der Waals surface area contributed by atoms with E-state index in [1.54, 1.807) is 6.07 Å². The second-order valence-corrected chi connectivity index (χ2v) is 4.72. The number of benzene rings is 1.